The van der Waals surface area contributed by atoms with Crippen LogP contribution in [0.2, 0.25) is 0 Å². The fourth-order valence-corrected chi connectivity index (χ4v) is 1.84. The van der Waals surface area contributed by atoms with E-state index >= 15 is 0 Å². The molecule has 0 saturated carbocycles. The third-order valence-electron chi connectivity index (χ3n) is 2.83. The Morgan fingerprint density at radius 1 is 1.38 bits per heavy atom. The molecule has 3 heteroatoms. The van der Waals surface area contributed by atoms with Crippen LogP contribution in [0.4, 0.5) is 0 Å². The van der Waals surface area contributed by atoms with Crippen molar-refractivity contribution in [1.29, 1.82) is 0 Å². The maximum absolute atomic E-state index is 10.5. The number of carbonyl (C=O) groups is 1. The Labute approximate surface area is 94.6 Å². The Kier molecular flexibility index (Phi) is 2.69. The van der Waals surface area contributed by atoms with E-state index in [1.807, 2.05) is 29.9 Å². The van der Waals surface area contributed by atoms with Crippen LogP contribution in [0, 0.1) is 0 Å². The summed E-state index contributed by atoms with van der Waals surface area (Å²) in [6.45, 7) is 4.72. The third-order valence-corrected chi connectivity index (χ3v) is 2.83. The molecule has 0 unspecified atom stereocenters. The van der Waals surface area contributed by atoms with E-state index in [1.165, 1.54) is 5.56 Å². The van der Waals surface area contributed by atoms with Crippen LogP contribution >= 0.6 is 0 Å². The summed E-state index contributed by atoms with van der Waals surface area (Å²) in [6, 6.07) is 6.03. The number of hydrogen-bond acceptors (Lipinski definition) is 2. The van der Waals surface area contributed by atoms with E-state index in [-0.39, 0.29) is 0 Å². The van der Waals surface area contributed by atoms with Crippen LogP contribution in [0.5, 0.6) is 5.75 Å². The number of nitrogens with zero attached hydrogens (tertiary/aromatic N) is 1. The molecular formula is C13H15NO2. The van der Waals surface area contributed by atoms with E-state index in [0.29, 0.717) is 18.1 Å². The van der Waals surface area contributed by atoms with Crippen LogP contribution in [-0.2, 0) is 11.8 Å². The predicted octanol–water partition coefficient (Wildman–Crippen LogP) is 2.84. The minimum Gasteiger partial charge on any atom is -0.428 e. The van der Waals surface area contributed by atoms with Crippen molar-refractivity contribution < 1.29 is 9.53 Å². The molecule has 3 nitrogen and oxygen atoms in total. The van der Waals surface area contributed by atoms with Gasteiger partial charge in [-0.3, -0.25) is 4.79 Å². The van der Waals surface area contributed by atoms with Gasteiger partial charge < -0.3 is 9.30 Å². The van der Waals surface area contributed by atoms with Crippen LogP contribution in [0.1, 0.15) is 25.3 Å². The van der Waals surface area contributed by atoms with Crippen molar-refractivity contribution in [1.82, 2.24) is 4.57 Å². The van der Waals surface area contributed by atoms with Crippen molar-refractivity contribution in [3.63, 3.8) is 0 Å². The van der Waals surface area contributed by atoms with Gasteiger partial charge in [0.1, 0.15) is 5.75 Å². The molecule has 0 spiro atoms. The topological polar surface area (TPSA) is 31.2 Å². The molecule has 1 aromatic heterocycles. The van der Waals surface area contributed by atoms with Crippen molar-refractivity contribution >= 4 is 17.4 Å². The number of aryl methyl sites for hydroxylation is 1. The lowest BCUT2D eigenvalue weighted by molar-refractivity contribution is -0.120. The van der Waals surface area contributed by atoms with E-state index < -0.39 is 0 Å². The first kappa shape index (κ1) is 10.7. The largest absolute Gasteiger partial charge is 0.428 e. The Bertz CT molecular complexity index is 526. The first-order chi connectivity index (χ1) is 7.63. The first-order valence-corrected chi connectivity index (χ1v) is 5.32. The second kappa shape index (κ2) is 4.00. The molecule has 0 bridgehead atoms. The first-order valence-electron chi connectivity index (χ1n) is 5.32. The Morgan fingerprint density at radius 3 is 2.75 bits per heavy atom. The van der Waals surface area contributed by atoms with E-state index in [4.69, 9.17) is 4.74 Å². The van der Waals surface area contributed by atoms with E-state index in [9.17, 15) is 4.79 Å². The minimum absolute atomic E-state index is 0.410. The standard InChI is InChI=1S/C13H15NO2/c1-9(2)10-6-12-11(4-5-14(12)3)13(7-10)16-8-15/h4-9H,1-3H3. The summed E-state index contributed by atoms with van der Waals surface area (Å²) in [4.78, 5) is 10.5. The van der Waals surface area contributed by atoms with Gasteiger partial charge in [0.25, 0.3) is 6.47 Å². The fourth-order valence-electron chi connectivity index (χ4n) is 1.84. The Morgan fingerprint density at radius 2 is 2.12 bits per heavy atom. The SMILES string of the molecule is CC(C)c1cc(OC=O)c2ccn(C)c2c1. The van der Waals surface area contributed by atoms with Gasteiger partial charge in [0.2, 0.25) is 0 Å². The summed E-state index contributed by atoms with van der Waals surface area (Å²) in [7, 11) is 1.98. The van der Waals surface area contributed by atoms with Gasteiger partial charge in [-0.2, -0.15) is 0 Å². The molecule has 2 rings (SSSR count). The molecule has 0 atom stereocenters. The normalized spacial score (nSPS) is 11.0. The van der Waals surface area contributed by atoms with Crippen molar-refractivity contribution in [3.8, 4) is 5.75 Å². The molecule has 1 aromatic carbocycles. The highest BCUT2D eigenvalue weighted by atomic mass is 16.5. The van der Waals surface area contributed by atoms with E-state index in [0.717, 1.165) is 10.9 Å². The van der Waals surface area contributed by atoms with Gasteiger partial charge in [-0.15, -0.1) is 0 Å². The van der Waals surface area contributed by atoms with Crippen LogP contribution < -0.4 is 4.74 Å². The van der Waals surface area contributed by atoms with Gasteiger partial charge in [-0.1, -0.05) is 13.8 Å². The second-order valence-electron chi connectivity index (χ2n) is 4.25. The van der Waals surface area contributed by atoms with Crippen molar-refractivity contribution in [2.75, 3.05) is 0 Å². The number of ether oxygens (including phenoxy) is 1. The van der Waals surface area contributed by atoms with Gasteiger partial charge in [0, 0.05) is 18.6 Å². The molecule has 2 aromatic rings. The van der Waals surface area contributed by atoms with E-state index in [2.05, 4.69) is 19.9 Å². The van der Waals surface area contributed by atoms with Gasteiger partial charge in [0.05, 0.1) is 5.52 Å². The lowest BCUT2D eigenvalue weighted by Crippen LogP contribution is -1.95. The van der Waals surface area contributed by atoms with Crippen molar-refractivity contribution in [2.24, 2.45) is 7.05 Å². The predicted molar refractivity (Wildman–Crippen MR) is 63.7 cm³/mol. The molecule has 0 aliphatic rings. The van der Waals surface area contributed by atoms with Gasteiger partial charge >= 0.3 is 0 Å². The summed E-state index contributed by atoms with van der Waals surface area (Å²) >= 11 is 0. The van der Waals surface area contributed by atoms with E-state index in [1.54, 1.807) is 0 Å². The summed E-state index contributed by atoms with van der Waals surface area (Å²) in [6.07, 6.45) is 1.96. The van der Waals surface area contributed by atoms with Gasteiger partial charge in [0.15, 0.2) is 0 Å². The lowest BCUT2D eigenvalue weighted by atomic mass is 10.0. The molecular weight excluding hydrogens is 202 g/mol. The number of rotatable bonds is 3. The minimum atomic E-state index is 0.410. The van der Waals surface area contributed by atoms with Crippen LogP contribution in [0.25, 0.3) is 10.9 Å². The molecule has 0 fully saturated rings. The molecule has 0 N–H and O–H groups in total. The number of carbonyl (C=O) groups excluding carboxylic acids is 1. The zero-order valence-corrected chi connectivity index (χ0v) is 9.73. The van der Waals surface area contributed by atoms with Gasteiger partial charge in [-0.25, -0.2) is 0 Å². The monoisotopic (exact) mass is 217 g/mol. The number of hydrogen-bond donors (Lipinski definition) is 0. The molecule has 0 aliphatic heterocycles. The summed E-state index contributed by atoms with van der Waals surface area (Å²) in [5.74, 6) is 1.05. The van der Waals surface area contributed by atoms with Gasteiger partial charge in [-0.05, 0) is 29.7 Å². The van der Waals surface area contributed by atoms with Crippen LogP contribution in [0.3, 0.4) is 0 Å². The fraction of sp³-hybridized carbons (Fsp3) is 0.308. The zero-order valence-electron chi connectivity index (χ0n) is 9.73. The molecule has 0 saturated heterocycles. The number of fused-ring (bicyclic) bond motifs is 1. The summed E-state index contributed by atoms with van der Waals surface area (Å²) in [5.41, 5.74) is 2.26. The second-order valence-corrected chi connectivity index (χ2v) is 4.25. The lowest BCUT2D eigenvalue weighted by Gasteiger charge is -2.09. The molecule has 0 amide bonds. The smallest absolute Gasteiger partial charge is 0.298 e. The average Bonchev–Trinajstić information content (AvgIpc) is 2.61. The number of benzene rings is 1. The highest BCUT2D eigenvalue weighted by Crippen LogP contribution is 2.30. The van der Waals surface area contributed by atoms with Crippen molar-refractivity contribution in [3.05, 3.63) is 30.0 Å². The molecule has 1 heterocycles. The molecule has 16 heavy (non-hydrogen) atoms. The third kappa shape index (κ3) is 1.69. The Hall–Kier alpha value is -1.77. The molecule has 84 valence electrons. The van der Waals surface area contributed by atoms with Crippen LogP contribution in [-0.4, -0.2) is 11.0 Å². The highest BCUT2D eigenvalue weighted by Gasteiger charge is 2.09. The zero-order chi connectivity index (χ0) is 11.7. The van der Waals surface area contributed by atoms with Crippen molar-refractivity contribution in [2.45, 2.75) is 19.8 Å². The summed E-state index contributed by atoms with van der Waals surface area (Å²) in [5, 5.41) is 0.971. The highest BCUT2D eigenvalue weighted by molar-refractivity contribution is 5.88. The maximum atomic E-state index is 10.5. The quantitative estimate of drug-likeness (QED) is 0.740. The number of aromatic nitrogens is 1. The van der Waals surface area contributed by atoms with Crippen LogP contribution in [0.15, 0.2) is 24.4 Å². The summed E-state index contributed by atoms with van der Waals surface area (Å²) < 4.78 is 7.06. The molecule has 0 radical (unpaired) electrons. The average molecular weight is 217 g/mol. The molecule has 0 aliphatic carbocycles. The maximum Gasteiger partial charge on any atom is 0.298 e. The Balaban J connectivity index is 2.70.